The van der Waals surface area contributed by atoms with Gasteiger partial charge in [-0.25, -0.2) is 4.98 Å². The minimum Gasteiger partial charge on any atom is -0.336 e. The standard InChI is InChI=1S/C10H14N4/c1-2-10-3-4-12-14(10)8-7-13-6-5-11-9-13/h3-6,9H,2,7-8H2,1H3. The van der Waals surface area contributed by atoms with Gasteiger partial charge in [0.15, 0.2) is 0 Å². The van der Waals surface area contributed by atoms with E-state index in [4.69, 9.17) is 0 Å². The number of hydrogen-bond acceptors (Lipinski definition) is 2. The van der Waals surface area contributed by atoms with Crippen LogP contribution in [0.15, 0.2) is 31.0 Å². The van der Waals surface area contributed by atoms with Crippen LogP contribution in [0.3, 0.4) is 0 Å². The van der Waals surface area contributed by atoms with Crippen molar-refractivity contribution in [1.82, 2.24) is 19.3 Å². The maximum absolute atomic E-state index is 4.27. The average molecular weight is 190 g/mol. The zero-order valence-electron chi connectivity index (χ0n) is 8.30. The van der Waals surface area contributed by atoms with Crippen LogP contribution in [0.25, 0.3) is 0 Å². The van der Waals surface area contributed by atoms with E-state index in [1.165, 1.54) is 5.69 Å². The molecule has 0 saturated carbocycles. The minimum absolute atomic E-state index is 0.909. The molecule has 74 valence electrons. The number of hydrogen-bond donors (Lipinski definition) is 0. The third-order valence-corrected chi connectivity index (χ3v) is 2.30. The van der Waals surface area contributed by atoms with Crippen molar-refractivity contribution >= 4 is 0 Å². The van der Waals surface area contributed by atoms with E-state index in [0.29, 0.717) is 0 Å². The van der Waals surface area contributed by atoms with Gasteiger partial charge < -0.3 is 4.57 Å². The second kappa shape index (κ2) is 4.09. The highest BCUT2D eigenvalue weighted by Gasteiger charge is 1.99. The topological polar surface area (TPSA) is 35.6 Å². The Morgan fingerprint density at radius 1 is 1.29 bits per heavy atom. The summed E-state index contributed by atoms with van der Waals surface area (Å²) in [6.45, 7) is 3.98. The van der Waals surface area contributed by atoms with Crippen molar-refractivity contribution in [3.8, 4) is 0 Å². The number of imidazole rings is 1. The SMILES string of the molecule is CCc1ccnn1CCn1ccnc1. The van der Waals surface area contributed by atoms with Crippen LogP contribution >= 0.6 is 0 Å². The van der Waals surface area contributed by atoms with Crippen molar-refractivity contribution in [2.75, 3.05) is 0 Å². The maximum Gasteiger partial charge on any atom is 0.0946 e. The Bertz CT molecular complexity index is 374. The van der Waals surface area contributed by atoms with Gasteiger partial charge in [0.1, 0.15) is 0 Å². The molecule has 2 rings (SSSR count). The van der Waals surface area contributed by atoms with E-state index in [1.54, 1.807) is 6.20 Å². The molecule has 0 fully saturated rings. The Morgan fingerprint density at radius 2 is 2.21 bits per heavy atom. The minimum atomic E-state index is 0.909. The summed E-state index contributed by atoms with van der Waals surface area (Å²) in [5.41, 5.74) is 1.28. The van der Waals surface area contributed by atoms with Crippen LogP contribution in [0.1, 0.15) is 12.6 Å². The number of aryl methyl sites for hydroxylation is 3. The van der Waals surface area contributed by atoms with Gasteiger partial charge in [0.05, 0.1) is 12.9 Å². The normalized spacial score (nSPS) is 10.6. The summed E-state index contributed by atoms with van der Waals surface area (Å²) in [4.78, 5) is 4.00. The van der Waals surface area contributed by atoms with Crippen LogP contribution in [0.4, 0.5) is 0 Å². The molecule has 0 spiro atoms. The first kappa shape index (κ1) is 8.99. The van der Waals surface area contributed by atoms with Crippen LogP contribution in [0.2, 0.25) is 0 Å². The predicted octanol–water partition coefficient (Wildman–Crippen LogP) is 1.34. The molecular weight excluding hydrogens is 176 g/mol. The van der Waals surface area contributed by atoms with Crippen molar-refractivity contribution in [3.05, 3.63) is 36.7 Å². The summed E-state index contributed by atoms with van der Waals surface area (Å²) in [5, 5.41) is 4.27. The molecule has 0 saturated heterocycles. The Morgan fingerprint density at radius 3 is 2.93 bits per heavy atom. The third-order valence-electron chi connectivity index (χ3n) is 2.30. The van der Waals surface area contributed by atoms with Gasteiger partial charge in [0.25, 0.3) is 0 Å². The lowest BCUT2D eigenvalue weighted by atomic mass is 10.3. The van der Waals surface area contributed by atoms with Gasteiger partial charge in [-0.2, -0.15) is 5.10 Å². The van der Waals surface area contributed by atoms with Crippen LogP contribution in [-0.4, -0.2) is 19.3 Å². The first-order valence-electron chi connectivity index (χ1n) is 4.86. The fourth-order valence-electron chi connectivity index (χ4n) is 1.49. The lowest BCUT2D eigenvalue weighted by Crippen LogP contribution is -2.09. The highest BCUT2D eigenvalue weighted by Crippen LogP contribution is 2.00. The molecular formula is C10H14N4. The lowest BCUT2D eigenvalue weighted by Gasteiger charge is -2.05. The van der Waals surface area contributed by atoms with Crippen LogP contribution in [-0.2, 0) is 19.5 Å². The monoisotopic (exact) mass is 190 g/mol. The van der Waals surface area contributed by atoms with Gasteiger partial charge in [0, 0.05) is 30.8 Å². The quantitative estimate of drug-likeness (QED) is 0.729. The van der Waals surface area contributed by atoms with Gasteiger partial charge in [-0.1, -0.05) is 6.92 Å². The summed E-state index contributed by atoms with van der Waals surface area (Å²) >= 11 is 0. The molecule has 0 bridgehead atoms. The Kier molecular flexibility index (Phi) is 2.62. The highest BCUT2D eigenvalue weighted by atomic mass is 15.3. The van der Waals surface area contributed by atoms with Gasteiger partial charge in [-0.15, -0.1) is 0 Å². The van der Waals surface area contributed by atoms with Crippen molar-refractivity contribution in [3.63, 3.8) is 0 Å². The first-order valence-corrected chi connectivity index (χ1v) is 4.86. The van der Waals surface area contributed by atoms with E-state index < -0.39 is 0 Å². The maximum atomic E-state index is 4.27. The van der Waals surface area contributed by atoms with Crippen molar-refractivity contribution in [1.29, 1.82) is 0 Å². The van der Waals surface area contributed by atoms with E-state index in [1.807, 2.05) is 23.4 Å². The fourth-order valence-corrected chi connectivity index (χ4v) is 1.49. The molecule has 2 heterocycles. The van der Waals surface area contributed by atoms with E-state index >= 15 is 0 Å². The average Bonchev–Trinajstić information content (AvgIpc) is 2.85. The molecule has 2 aromatic rings. The first-order chi connectivity index (χ1) is 6.90. The molecule has 4 heteroatoms. The smallest absolute Gasteiger partial charge is 0.0946 e. The van der Waals surface area contributed by atoms with Crippen molar-refractivity contribution in [2.24, 2.45) is 0 Å². The highest BCUT2D eigenvalue weighted by molar-refractivity contribution is 4.99. The summed E-state index contributed by atoms with van der Waals surface area (Å²) in [6, 6.07) is 2.06. The molecule has 0 aliphatic carbocycles. The lowest BCUT2D eigenvalue weighted by molar-refractivity contribution is 0.517. The zero-order chi connectivity index (χ0) is 9.80. The largest absolute Gasteiger partial charge is 0.336 e. The summed E-state index contributed by atoms with van der Waals surface area (Å²) in [7, 11) is 0. The summed E-state index contributed by atoms with van der Waals surface area (Å²) in [5.74, 6) is 0. The molecule has 0 aromatic carbocycles. The Balaban J connectivity index is 1.98. The Hall–Kier alpha value is -1.58. The van der Waals surface area contributed by atoms with Gasteiger partial charge >= 0.3 is 0 Å². The predicted molar refractivity (Wildman–Crippen MR) is 53.8 cm³/mol. The fraction of sp³-hybridized carbons (Fsp3) is 0.400. The molecule has 2 aromatic heterocycles. The molecule has 0 amide bonds. The van der Waals surface area contributed by atoms with Gasteiger partial charge in [-0.3, -0.25) is 4.68 Å². The van der Waals surface area contributed by atoms with E-state index in [9.17, 15) is 0 Å². The molecule has 0 radical (unpaired) electrons. The number of aromatic nitrogens is 4. The second-order valence-corrected chi connectivity index (χ2v) is 3.20. The van der Waals surface area contributed by atoms with Gasteiger partial charge in [0.2, 0.25) is 0 Å². The second-order valence-electron chi connectivity index (χ2n) is 3.20. The molecule has 0 aliphatic heterocycles. The van der Waals surface area contributed by atoms with Crippen molar-refractivity contribution in [2.45, 2.75) is 26.4 Å². The Labute approximate surface area is 83.2 Å². The molecule has 0 N–H and O–H groups in total. The van der Waals surface area contributed by atoms with Crippen LogP contribution in [0.5, 0.6) is 0 Å². The van der Waals surface area contributed by atoms with Gasteiger partial charge in [-0.05, 0) is 12.5 Å². The molecule has 0 unspecified atom stereocenters. The van der Waals surface area contributed by atoms with Crippen molar-refractivity contribution < 1.29 is 0 Å². The molecule has 4 nitrogen and oxygen atoms in total. The summed E-state index contributed by atoms with van der Waals surface area (Å²) in [6.07, 6.45) is 8.48. The summed E-state index contributed by atoms with van der Waals surface area (Å²) < 4.78 is 4.10. The van der Waals surface area contributed by atoms with Crippen LogP contribution < -0.4 is 0 Å². The molecule has 0 atom stereocenters. The molecule has 14 heavy (non-hydrogen) atoms. The van der Waals surface area contributed by atoms with E-state index in [0.717, 1.165) is 19.5 Å². The van der Waals surface area contributed by atoms with E-state index in [2.05, 4.69) is 27.6 Å². The number of rotatable bonds is 4. The van der Waals surface area contributed by atoms with Crippen LogP contribution in [0, 0.1) is 0 Å². The molecule has 0 aliphatic rings. The van der Waals surface area contributed by atoms with E-state index in [-0.39, 0.29) is 0 Å². The third kappa shape index (κ3) is 1.84. The number of nitrogens with zero attached hydrogens (tertiary/aromatic N) is 4. The zero-order valence-corrected chi connectivity index (χ0v) is 8.30.